The number of para-hydroxylation sites is 1. The van der Waals surface area contributed by atoms with E-state index < -0.39 is 47.4 Å². The number of esters is 1. The lowest BCUT2D eigenvalue weighted by Crippen LogP contribution is -2.29. The fraction of sp³-hybridized carbons (Fsp3) is 0.333. The smallest absolute Gasteiger partial charge is 0.422 e. The van der Waals surface area contributed by atoms with Crippen molar-refractivity contribution in [2.75, 3.05) is 6.61 Å². The number of hydrogen-bond acceptors (Lipinski definition) is 6. The Kier molecular flexibility index (Phi) is 6.68. The van der Waals surface area contributed by atoms with Gasteiger partial charge in [-0.05, 0) is 23.6 Å². The first-order chi connectivity index (χ1) is 15.9. The molecular formula is C24H21F3N2O5. The molecule has 10 heteroatoms. The van der Waals surface area contributed by atoms with Crippen molar-refractivity contribution >= 4 is 11.9 Å². The molecule has 1 aliphatic carbocycles. The SMILES string of the molecule is CC1(C)[C@H](/C=C\C(=O)OCC(F)(F)F)[C@@]1(C(=O)O)[C@H](C#N)c1cccc(Oc2ccccc2)n1. The molecule has 1 aliphatic rings. The highest BCUT2D eigenvalue weighted by Crippen LogP contribution is 2.75. The molecule has 0 aliphatic heterocycles. The number of allylic oxidation sites excluding steroid dienone is 1. The van der Waals surface area contributed by atoms with E-state index in [0.29, 0.717) is 5.75 Å². The average Bonchev–Trinajstić information content (AvgIpc) is 3.27. The molecule has 7 nitrogen and oxygen atoms in total. The van der Waals surface area contributed by atoms with E-state index in [1.54, 1.807) is 56.3 Å². The van der Waals surface area contributed by atoms with Gasteiger partial charge >= 0.3 is 18.1 Å². The van der Waals surface area contributed by atoms with Crippen LogP contribution >= 0.6 is 0 Å². The van der Waals surface area contributed by atoms with Crippen LogP contribution in [0.15, 0.2) is 60.7 Å². The molecule has 1 N–H and O–H groups in total. The lowest BCUT2D eigenvalue weighted by atomic mass is 9.80. The highest BCUT2D eigenvalue weighted by molar-refractivity contribution is 5.86. The van der Waals surface area contributed by atoms with Crippen molar-refractivity contribution in [3.8, 4) is 17.7 Å². The Bertz CT molecular complexity index is 1140. The van der Waals surface area contributed by atoms with E-state index in [1.807, 2.05) is 6.07 Å². The number of hydrogen-bond donors (Lipinski definition) is 1. The average molecular weight is 474 g/mol. The molecule has 1 heterocycles. The molecular weight excluding hydrogens is 453 g/mol. The largest absolute Gasteiger partial charge is 0.481 e. The van der Waals surface area contributed by atoms with Crippen LogP contribution in [-0.2, 0) is 14.3 Å². The summed E-state index contributed by atoms with van der Waals surface area (Å²) < 4.78 is 46.6. The second-order valence-electron chi connectivity index (χ2n) is 8.33. The van der Waals surface area contributed by atoms with Gasteiger partial charge in [0.25, 0.3) is 0 Å². The summed E-state index contributed by atoms with van der Waals surface area (Å²) in [5.74, 6) is -3.98. The molecule has 1 aromatic heterocycles. The van der Waals surface area contributed by atoms with Crippen LogP contribution in [0.4, 0.5) is 13.2 Å². The molecule has 2 aromatic rings. The minimum Gasteiger partial charge on any atom is -0.481 e. The number of alkyl halides is 3. The predicted octanol–water partition coefficient (Wildman–Crippen LogP) is 4.87. The number of nitrogens with zero attached hydrogens (tertiary/aromatic N) is 2. The highest BCUT2D eigenvalue weighted by atomic mass is 19.4. The Hall–Kier alpha value is -3.87. The number of halogens is 3. The van der Waals surface area contributed by atoms with Gasteiger partial charge in [-0.15, -0.1) is 0 Å². The van der Waals surface area contributed by atoms with E-state index in [0.717, 1.165) is 6.08 Å². The van der Waals surface area contributed by atoms with Crippen molar-refractivity contribution in [3.05, 3.63) is 66.4 Å². The molecule has 0 amide bonds. The van der Waals surface area contributed by atoms with Crippen LogP contribution in [0.1, 0.15) is 25.5 Å². The number of carboxylic acids is 1. The van der Waals surface area contributed by atoms with Gasteiger partial charge in [0.1, 0.15) is 17.1 Å². The third-order valence-electron chi connectivity index (χ3n) is 6.00. The van der Waals surface area contributed by atoms with Crippen molar-refractivity contribution in [2.45, 2.75) is 25.9 Å². The van der Waals surface area contributed by atoms with Gasteiger partial charge in [0.05, 0.1) is 11.8 Å². The second kappa shape index (κ2) is 9.17. The minimum absolute atomic E-state index is 0.155. The molecule has 1 aromatic carbocycles. The normalized spacial score (nSPS) is 21.9. The van der Waals surface area contributed by atoms with Crippen molar-refractivity contribution in [2.24, 2.45) is 16.7 Å². The topological polar surface area (TPSA) is 110 Å². The molecule has 0 spiro atoms. The first-order valence-electron chi connectivity index (χ1n) is 10.2. The quantitative estimate of drug-likeness (QED) is 0.429. The van der Waals surface area contributed by atoms with Gasteiger partial charge in [-0.1, -0.05) is 44.2 Å². The van der Waals surface area contributed by atoms with Crippen LogP contribution in [0, 0.1) is 28.1 Å². The Labute approximate surface area is 193 Å². The summed E-state index contributed by atoms with van der Waals surface area (Å²) in [5, 5.41) is 20.1. The zero-order valence-corrected chi connectivity index (χ0v) is 18.2. The third kappa shape index (κ3) is 4.73. The fourth-order valence-corrected chi connectivity index (χ4v) is 4.35. The van der Waals surface area contributed by atoms with E-state index in [2.05, 4.69) is 9.72 Å². The van der Waals surface area contributed by atoms with Crippen LogP contribution in [0.25, 0.3) is 0 Å². The van der Waals surface area contributed by atoms with Crippen LogP contribution < -0.4 is 4.74 Å². The first kappa shape index (κ1) is 24.8. The Morgan fingerprint density at radius 1 is 1.21 bits per heavy atom. The standard InChI is InChI=1S/C24H21F3N2O5/c1-22(2)18(11-12-20(30)33-14-23(25,26)27)24(22,21(31)32)16(13-28)17-9-6-10-19(29-17)34-15-7-4-3-5-8-15/h3-12,16,18H,14H2,1-2H3,(H,31,32)/b12-11-/t16-,18+,24-/m1/s1. The minimum atomic E-state index is -4.68. The van der Waals surface area contributed by atoms with Gasteiger partial charge in [0.15, 0.2) is 6.61 Å². The molecule has 34 heavy (non-hydrogen) atoms. The first-order valence-corrected chi connectivity index (χ1v) is 10.2. The van der Waals surface area contributed by atoms with Gasteiger partial charge in [-0.25, -0.2) is 9.78 Å². The molecule has 1 fully saturated rings. The van der Waals surface area contributed by atoms with E-state index >= 15 is 0 Å². The lowest BCUT2D eigenvalue weighted by molar-refractivity contribution is -0.182. The molecule has 0 bridgehead atoms. The summed E-state index contributed by atoms with van der Waals surface area (Å²) in [6.07, 6.45) is -2.74. The van der Waals surface area contributed by atoms with Crippen molar-refractivity contribution in [1.29, 1.82) is 5.26 Å². The molecule has 178 valence electrons. The molecule has 0 saturated heterocycles. The predicted molar refractivity (Wildman–Crippen MR) is 113 cm³/mol. The van der Waals surface area contributed by atoms with Crippen LogP contribution in [0.5, 0.6) is 11.6 Å². The van der Waals surface area contributed by atoms with Crippen LogP contribution in [0.2, 0.25) is 0 Å². The number of aromatic nitrogens is 1. The fourth-order valence-electron chi connectivity index (χ4n) is 4.35. The van der Waals surface area contributed by atoms with Crippen molar-refractivity contribution in [3.63, 3.8) is 0 Å². The van der Waals surface area contributed by atoms with Gasteiger partial charge in [-0.2, -0.15) is 18.4 Å². The number of carbonyl (C=O) groups excluding carboxylic acids is 1. The summed E-state index contributed by atoms with van der Waals surface area (Å²) in [7, 11) is 0. The summed E-state index contributed by atoms with van der Waals surface area (Å²) in [4.78, 5) is 28.5. The molecule has 0 unspecified atom stereocenters. The van der Waals surface area contributed by atoms with E-state index in [9.17, 15) is 33.1 Å². The number of carboxylic acid groups (broad SMARTS) is 1. The third-order valence-corrected chi connectivity index (χ3v) is 6.00. The Morgan fingerprint density at radius 2 is 1.88 bits per heavy atom. The van der Waals surface area contributed by atoms with Crippen LogP contribution in [-0.4, -0.2) is 34.8 Å². The number of ether oxygens (including phenoxy) is 2. The van der Waals surface area contributed by atoms with Gasteiger partial charge in [0.2, 0.25) is 5.88 Å². The summed E-state index contributed by atoms with van der Waals surface area (Å²) >= 11 is 0. The van der Waals surface area contributed by atoms with Crippen molar-refractivity contribution < 1.29 is 37.3 Å². The van der Waals surface area contributed by atoms with E-state index in [-0.39, 0.29) is 11.6 Å². The number of nitriles is 1. The van der Waals surface area contributed by atoms with Gasteiger partial charge < -0.3 is 14.6 Å². The zero-order chi connectivity index (χ0) is 25.1. The lowest BCUT2D eigenvalue weighted by Gasteiger charge is -2.21. The molecule has 3 atom stereocenters. The summed E-state index contributed by atoms with van der Waals surface area (Å²) in [6, 6.07) is 15.4. The molecule has 1 saturated carbocycles. The van der Waals surface area contributed by atoms with E-state index in [1.165, 1.54) is 12.1 Å². The maximum absolute atomic E-state index is 12.5. The molecule has 3 rings (SSSR count). The second-order valence-corrected chi connectivity index (χ2v) is 8.33. The number of benzene rings is 1. The number of rotatable bonds is 8. The summed E-state index contributed by atoms with van der Waals surface area (Å²) in [5.41, 5.74) is -2.54. The van der Waals surface area contributed by atoms with Gasteiger partial charge in [0, 0.05) is 18.1 Å². The number of aliphatic carboxylic acids is 1. The Balaban J connectivity index is 1.89. The highest BCUT2D eigenvalue weighted by Gasteiger charge is 2.78. The Morgan fingerprint density at radius 3 is 2.47 bits per heavy atom. The number of carbonyl (C=O) groups is 2. The summed E-state index contributed by atoms with van der Waals surface area (Å²) in [6.45, 7) is 1.45. The maximum Gasteiger partial charge on any atom is 0.422 e. The zero-order valence-electron chi connectivity index (χ0n) is 18.2. The van der Waals surface area contributed by atoms with Gasteiger partial charge in [-0.3, -0.25) is 4.79 Å². The van der Waals surface area contributed by atoms with E-state index in [4.69, 9.17) is 4.74 Å². The molecule has 0 radical (unpaired) electrons. The monoisotopic (exact) mass is 474 g/mol. The maximum atomic E-state index is 12.5. The number of pyridine rings is 1. The van der Waals surface area contributed by atoms with Crippen molar-refractivity contribution in [1.82, 2.24) is 4.98 Å². The van der Waals surface area contributed by atoms with Crippen LogP contribution in [0.3, 0.4) is 0 Å².